The zero-order valence-corrected chi connectivity index (χ0v) is 10.3. The number of benzene rings is 1. The molecular formula is C12H12F3NO3. The molecule has 0 aliphatic heterocycles. The van der Waals surface area contributed by atoms with Crippen molar-refractivity contribution in [3.63, 3.8) is 0 Å². The molecule has 0 atom stereocenters. The fraction of sp³-hybridized carbons (Fsp3) is 0.417. The maximum Gasteiger partial charge on any atom is 0.416 e. The van der Waals surface area contributed by atoms with E-state index < -0.39 is 28.3 Å². The van der Waals surface area contributed by atoms with Crippen molar-refractivity contribution in [1.29, 1.82) is 0 Å². The molecule has 19 heavy (non-hydrogen) atoms. The van der Waals surface area contributed by atoms with E-state index in [0.717, 1.165) is 12.1 Å². The number of Topliss-reactive ketones (excluding diaryl/α,β-unsaturated/α-hetero) is 1. The largest absolute Gasteiger partial charge is 0.416 e. The number of halogens is 3. The minimum absolute atomic E-state index is 0.239. The molecule has 0 aliphatic rings. The Kier molecular flexibility index (Phi) is 4.28. The molecule has 104 valence electrons. The highest BCUT2D eigenvalue weighted by molar-refractivity contribution is 5.83. The number of alkyl halides is 3. The smallest absolute Gasteiger partial charge is 0.299 e. The van der Waals surface area contributed by atoms with Gasteiger partial charge in [-0.15, -0.1) is 0 Å². The molecule has 1 aromatic rings. The molecule has 4 nitrogen and oxygen atoms in total. The Hall–Kier alpha value is -1.92. The van der Waals surface area contributed by atoms with E-state index in [1.807, 2.05) is 0 Å². The van der Waals surface area contributed by atoms with E-state index in [-0.39, 0.29) is 17.8 Å². The second-order valence-electron chi connectivity index (χ2n) is 4.39. The first-order chi connectivity index (χ1) is 8.62. The third kappa shape index (κ3) is 3.77. The summed E-state index contributed by atoms with van der Waals surface area (Å²) in [5, 5.41) is 10.5. The lowest BCUT2D eigenvalue weighted by molar-refractivity contribution is -0.385. The average molecular weight is 275 g/mol. The van der Waals surface area contributed by atoms with Crippen molar-refractivity contribution in [2.45, 2.75) is 26.4 Å². The molecule has 0 aromatic heterocycles. The Morgan fingerprint density at radius 1 is 1.37 bits per heavy atom. The second-order valence-corrected chi connectivity index (χ2v) is 4.39. The van der Waals surface area contributed by atoms with Crippen LogP contribution in [0.4, 0.5) is 18.9 Å². The van der Waals surface area contributed by atoms with Gasteiger partial charge in [0.05, 0.1) is 10.5 Å². The third-order valence-electron chi connectivity index (χ3n) is 2.62. The van der Waals surface area contributed by atoms with Crippen LogP contribution in [0.25, 0.3) is 0 Å². The number of carbonyl (C=O) groups is 1. The molecule has 1 aromatic carbocycles. The third-order valence-corrected chi connectivity index (χ3v) is 2.62. The van der Waals surface area contributed by atoms with Crippen LogP contribution < -0.4 is 0 Å². The lowest BCUT2D eigenvalue weighted by Gasteiger charge is -2.13. The highest BCUT2D eigenvalue weighted by Gasteiger charge is 2.35. The van der Waals surface area contributed by atoms with Crippen molar-refractivity contribution in [2.75, 3.05) is 0 Å². The maximum absolute atomic E-state index is 12.8. The van der Waals surface area contributed by atoms with Crippen LogP contribution in [0, 0.1) is 16.0 Å². The van der Waals surface area contributed by atoms with E-state index in [9.17, 15) is 28.1 Å². The number of hydrogen-bond acceptors (Lipinski definition) is 3. The van der Waals surface area contributed by atoms with Crippen molar-refractivity contribution in [3.8, 4) is 0 Å². The maximum atomic E-state index is 12.8. The van der Waals surface area contributed by atoms with Gasteiger partial charge in [0.2, 0.25) is 0 Å². The highest BCUT2D eigenvalue weighted by Crippen LogP contribution is 2.34. The summed E-state index contributed by atoms with van der Waals surface area (Å²) in [6, 6.07) is 2.42. The standard InChI is InChI=1S/C12H12F3NO3/c1-7(2)11(17)5-8-3-4-9(16(18)19)6-10(8)12(13,14)15/h3-4,6-7H,5H2,1-2H3. The van der Waals surface area contributed by atoms with Crippen LogP contribution in [0.15, 0.2) is 18.2 Å². The van der Waals surface area contributed by atoms with E-state index in [0.29, 0.717) is 6.07 Å². The molecule has 0 saturated carbocycles. The molecule has 0 heterocycles. The molecule has 0 radical (unpaired) electrons. The molecule has 0 fully saturated rings. The van der Waals surface area contributed by atoms with E-state index in [1.54, 1.807) is 13.8 Å². The van der Waals surface area contributed by atoms with Gasteiger partial charge in [-0.2, -0.15) is 13.2 Å². The summed E-state index contributed by atoms with van der Waals surface area (Å²) in [7, 11) is 0. The predicted molar refractivity (Wildman–Crippen MR) is 61.6 cm³/mol. The van der Waals surface area contributed by atoms with Crippen LogP contribution in [-0.4, -0.2) is 10.7 Å². The molecule has 0 spiro atoms. The fourth-order valence-electron chi connectivity index (χ4n) is 1.49. The molecule has 0 amide bonds. The number of nitro benzene ring substituents is 1. The molecule has 0 saturated heterocycles. The first-order valence-electron chi connectivity index (χ1n) is 5.50. The minimum atomic E-state index is -4.72. The zero-order chi connectivity index (χ0) is 14.8. The molecule has 0 aliphatic carbocycles. The van der Waals surface area contributed by atoms with E-state index in [2.05, 4.69) is 0 Å². The number of ketones is 1. The summed E-state index contributed by atoms with van der Waals surface area (Å²) >= 11 is 0. The van der Waals surface area contributed by atoms with Crippen LogP contribution in [0.5, 0.6) is 0 Å². The topological polar surface area (TPSA) is 60.2 Å². The molecule has 7 heteroatoms. The number of non-ortho nitro benzene ring substituents is 1. The van der Waals surface area contributed by atoms with Crippen LogP contribution in [-0.2, 0) is 17.4 Å². The van der Waals surface area contributed by atoms with Crippen molar-refractivity contribution in [3.05, 3.63) is 39.4 Å². The van der Waals surface area contributed by atoms with Gasteiger partial charge < -0.3 is 0 Å². The summed E-state index contributed by atoms with van der Waals surface area (Å²) < 4.78 is 38.4. The SMILES string of the molecule is CC(C)C(=O)Cc1ccc([N+](=O)[O-])cc1C(F)(F)F. The van der Waals surface area contributed by atoms with Gasteiger partial charge in [0.25, 0.3) is 5.69 Å². The van der Waals surface area contributed by atoms with Gasteiger partial charge in [-0.1, -0.05) is 19.9 Å². The quantitative estimate of drug-likeness (QED) is 0.625. The molecule has 0 N–H and O–H groups in total. The summed E-state index contributed by atoms with van der Waals surface area (Å²) in [6.45, 7) is 3.17. The van der Waals surface area contributed by atoms with E-state index in [1.165, 1.54) is 0 Å². The monoisotopic (exact) mass is 275 g/mol. The van der Waals surface area contributed by atoms with Gasteiger partial charge in [0.15, 0.2) is 0 Å². The summed E-state index contributed by atoms with van der Waals surface area (Å²) in [4.78, 5) is 21.1. The van der Waals surface area contributed by atoms with E-state index in [4.69, 9.17) is 0 Å². The number of nitrogens with zero attached hydrogens (tertiary/aromatic N) is 1. The first kappa shape index (κ1) is 15.1. The summed E-state index contributed by atoms with van der Waals surface area (Å²) in [5.41, 5.74) is -2.01. The lowest BCUT2D eigenvalue weighted by atomic mass is 9.96. The second kappa shape index (κ2) is 5.38. The Labute approximate surface area is 107 Å². The van der Waals surface area contributed by atoms with Crippen molar-refractivity contribution in [1.82, 2.24) is 0 Å². The van der Waals surface area contributed by atoms with Gasteiger partial charge in [0, 0.05) is 24.5 Å². The molecule has 0 unspecified atom stereocenters. The normalized spacial score (nSPS) is 11.7. The Balaban J connectivity index is 3.24. The minimum Gasteiger partial charge on any atom is -0.299 e. The Morgan fingerprint density at radius 3 is 2.37 bits per heavy atom. The Bertz CT molecular complexity index is 509. The average Bonchev–Trinajstić information content (AvgIpc) is 2.27. The van der Waals surface area contributed by atoms with Crippen molar-refractivity contribution in [2.24, 2.45) is 5.92 Å². The zero-order valence-electron chi connectivity index (χ0n) is 10.3. The number of rotatable bonds is 4. The molecule has 1 rings (SSSR count). The van der Waals surface area contributed by atoms with Crippen LogP contribution in [0.2, 0.25) is 0 Å². The predicted octanol–water partition coefficient (Wildman–Crippen LogP) is 3.38. The van der Waals surface area contributed by atoms with Gasteiger partial charge in [-0.25, -0.2) is 0 Å². The molecular weight excluding hydrogens is 263 g/mol. The van der Waals surface area contributed by atoms with Gasteiger partial charge in [-0.3, -0.25) is 14.9 Å². The van der Waals surface area contributed by atoms with Crippen molar-refractivity contribution >= 4 is 11.5 Å². The Morgan fingerprint density at radius 2 is 1.95 bits per heavy atom. The van der Waals surface area contributed by atoms with Crippen LogP contribution in [0.3, 0.4) is 0 Å². The molecule has 0 bridgehead atoms. The number of carbonyl (C=O) groups excluding carboxylic acids is 1. The number of hydrogen-bond donors (Lipinski definition) is 0. The van der Waals surface area contributed by atoms with Crippen molar-refractivity contribution < 1.29 is 22.9 Å². The summed E-state index contributed by atoms with van der Waals surface area (Å²) in [6.07, 6.45) is -5.11. The van der Waals surface area contributed by atoms with Gasteiger partial charge in [0.1, 0.15) is 5.78 Å². The van der Waals surface area contributed by atoms with Crippen LogP contribution in [0.1, 0.15) is 25.0 Å². The number of nitro groups is 1. The fourth-order valence-corrected chi connectivity index (χ4v) is 1.49. The van der Waals surface area contributed by atoms with E-state index >= 15 is 0 Å². The van der Waals surface area contributed by atoms with Crippen LogP contribution >= 0.6 is 0 Å². The summed E-state index contributed by atoms with van der Waals surface area (Å²) in [5.74, 6) is -0.740. The first-order valence-corrected chi connectivity index (χ1v) is 5.50. The van der Waals surface area contributed by atoms with Gasteiger partial charge >= 0.3 is 6.18 Å². The van der Waals surface area contributed by atoms with Gasteiger partial charge in [-0.05, 0) is 5.56 Å². The highest BCUT2D eigenvalue weighted by atomic mass is 19.4. The lowest BCUT2D eigenvalue weighted by Crippen LogP contribution is -2.16.